The molecule has 0 saturated heterocycles. The topological polar surface area (TPSA) is 78.3 Å². The van der Waals surface area contributed by atoms with Crippen LogP contribution in [0.2, 0.25) is 0 Å². The lowest BCUT2D eigenvalue weighted by Gasteiger charge is -2.15. The zero-order valence-electron chi connectivity index (χ0n) is 8.29. The molecule has 4 N–H and O–H groups in total. The average molecular weight is 188 g/mol. The lowest BCUT2D eigenvalue weighted by molar-refractivity contribution is 0.163. The largest absolute Gasteiger partial charge is 0.450 e. The SMILES string of the molecule is CCOC(N)=O.NC1CCCCC1. The van der Waals surface area contributed by atoms with Gasteiger partial charge in [0.1, 0.15) is 0 Å². The van der Waals surface area contributed by atoms with E-state index < -0.39 is 6.09 Å². The van der Waals surface area contributed by atoms with E-state index in [1.807, 2.05) is 0 Å². The Kier molecular flexibility index (Phi) is 7.39. The number of ether oxygens (including phenoxy) is 1. The van der Waals surface area contributed by atoms with E-state index in [4.69, 9.17) is 5.73 Å². The van der Waals surface area contributed by atoms with Crippen LogP contribution in [0.3, 0.4) is 0 Å². The van der Waals surface area contributed by atoms with Crippen LogP contribution in [0.5, 0.6) is 0 Å². The van der Waals surface area contributed by atoms with Crippen molar-refractivity contribution in [1.29, 1.82) is 0 Å². The standard InChI is InChI=1S/C6H13N.C3H7NO2/c7-6-4-2-1-3-5-6;1-2-6-3(4)5/h6H,1-5,7H2;2H2,1H3,(H2,4,5). The molecule has 1 amide bonds. The van der Waals surface area contributed by atoms with E-state index in [0.29, 0.717) is 12.6 Å². The van der Waals surface area contributed by atoms with Gasteiger partial charge in [0.25, 0.3) is 0 Å². The molecule has 0 aromatic rings. The van der Waals surface area contributed by atoms with Crippen molar-refractivity contribution in [2.75, 3.05) is 6.61 Å². The van der Waals surface area contributed by atoms with Crippen LogP contribution < -0.4 is 11.5 Å². The molecule has 1 saturated carbocycles. The monoisotopic (exact) mass is 188 g/mol. The summed E-state index contributed by atoms with van der Waals surface area (Å²) in [4.78, 5) is 9.60. The van der Waals surface area contributed by atoms with Gasteiger partial charge in [-0.05, 0) is 19.8 Å². The van der Waals surface area contributed by atoms with Crippen molar-refractivity contribution in [3.05, 3.63) is 0 Å². The van der Waals surface area contributed by atoms with Crippen LogP contribution in [0, 0.1) is 0 Å². The molecule has 1 aliphatic carbocycles. The van der Waals surface area contributed by atoms with Crippen molar-refractivity contribution < 1.29 is 9.53 Å². The van der Waals surface area contributed by atoms with Crippen LogP contribution >= 0.6 is 0 Å². The number of nitrogens with two attached hydrogens (primary N) is 2. The number of hydrogen-bond acceptors (Lipinski definition) is 3. The van der Waals surface area contributed by atoms with Crippen LogP contribution in [0.15, 0.2) is 0 Å². The van der Waals surface area contributed by atoms with E-state index in [0.717, 1.165) is 0 Å². The molecular formula is C9H20N2O2. The number of carbonyl (C=O) groups excluding carboxylic acids is 1. The van der Waals surface area contributed by atoms with Crippen molar-refractivity contribution in [3.8, 4) is 0 Å². The van der Waals surface area contributed by atoms with Gasteiger partial charge in [0.2, 0.25) is 0 Å². The molecule has 4 nitrogen and oxygen atoms in total. The first-order valence-corrected chi connectivity index (χ1v) is 4.84. The van der Waals surface area contributed by atoms with E-state index in [2.05, 4.69) is 10.5 Å². The minimum atomic E-state index is -0.711. The van der Waals surface area contributed by atoms with E-state index in [9.17, 15) is 4.79 Å². The van der Waals surface area contributed by atoms with Gasteiger partial charge in [-0.2, -0.15) is 0 Å². The minimum Gasteiger partial charge on any atom is -0.450 e. The molecule has 13 heavy (non-hydrogen) atoms. The lowest BCUT2D eigenvalue weighted by Crippen LogP contribution is -2.22. The van der Waals surface area contributed by atoms with Crippen molar-refractivity contribution in [3.63, 3.8) is 0 Å². The molecule has 0 spiro atoms. The molecule has 1 fully saturated rings. The first kappa shape index (κ1) is 12.2. The smallest absolute Gasteiger partial charge is 0.404 e. The summed E-state index contributed by atoms with van der Waals surface area (Å²) in [5.74, 6) is 0. The summed E-state index contributed by atoms with van der Waals surface area (Å²) in [5.41, 5.74) is 10.2. The third-order valence-corrected chi connectivity index (χ3v) is 1.94. The van der Waals surface area contributed by atoms with Gasteiger partial charge in [-0.1, -0.05) is 19.3 Å². The lowest BCUT2D eigenvalue weighted by atomic mass is 9.97. The third-order valence-electron chi connectivity index (χ3n) is 1.94. The van der Waals surface area contributed by atoms with E-state index >= 15 is 0 Å². The fourth-order valence-corrected chi connectivity index (χ4v) is 1.28. The maximum absolute atomic E-state index is 9.60. The Labute approximate surface area is 79.6 Å². The first-order chi connectivity index (χ1) is 6.16. The number of primary amides is 1. The molecule has 0 bridgehead atoms. The van der Waals surface area contributed by atoms with Crippen molar-refractivity contribution >= 4 is 6.09 Å². The number of amides is 1. The second kappa shape index (κ2) is 7.86. The van der Waals surface area contributed by atoms with Crippen molar-refractivity contribution in [2.45, 2.75) is 45.1 Å². The van der Waals surface area contributed by atoms with Gasteiger partial charge in [0.15, 0.2) is 0 Å². The van der Waals surface area contributed by atoms with Crippen LogP contribution in [-0.2, 0) is 4.74 Å². The summed E-state index contributed by atoms with van der Waals surface area (Å²) in [6, 6.07) is 0.536. The summed E-state index contributed by atoms with van der Waals surface area (Å²) >= 11 is 0. The van der Waals surface area contributed by atoms with Crippen LogP contribution in [0.4, 0.5) is 4.79 Å². The van der Waals surface area contributed by atoms with Gasteiger partial charge in [-0.3, -0.25) is 0 Å². The Morgan fingerprint density at radius 2 is 1.92 bits per heavy atom. The third kappa shape index (κ3) is 9.14. The van der Waals surface area contributed by atoms with Gasteiger partial charge in [-0.25, -0.2) is 4.79 Å². The predicted molar refractivity (Wildman–Crippen MR) is 52.3 cm³/mol. The Balaban J connectivity index is 0.000000226. The number of hydrogen-bond donors (Lipinski definition) is 2. The van der Waals surface area contributed by atoms with Crippen LogP contribution in [-0.4, -0.2) is 18.7 Å². The fraction of sp³-hybridized carbons (Fsp3) is 0.889. The van der Waals surface area contributed by atoms with Crippen LogP contribution in [0.25, 0.3) is 0 Å². The predicted octanol–water partition coefficient (Wildman–Crippen LogP) is 1.38. The fourth-order valence-electron chi connectivity index (χ4n) is 1.28. The summed E-state index contributed by atoms with van der Waals surface area (Å²) in [6.07, 6.45) is 5.95. The molecule has 0 unspecified atom stereocenters. The van der Waals surface area contributed by atoms with E-state index in [1.165, 1.54) is 32.1 Å². The number of rotatable bonds is 1. The van der Waals surface area contributed by atoms with Gasteiger partial charge in [0, 0.05) is 6.04 Å². The molecule has 1 rings (SSSR count). The normalized spacial score (nSPS) is 17.1. The molecule has 78 valence electrons. The maximum atomic E-state index is 9.60. The van der Waals surface area contributed by atoms with Gasteiger partial charge in [0.05, 0.1) is 6.61 Å². The second-order valence-electron chi connectivity index (χ2n) is 3.15. The van der Waals surface area contributed by atoms with Gasteiger partial charge < -0.3 is 16.2 Å². The molecule has 0 atom stereocenters. The summed E-state index contributed by atoms with van der Waals surface area (Å²) in [5, 5.41) is 0. The van der Waals surface area contributed by atoms with Crippen LogP contribution in [0.1, 0.15) is 39.0 Å². The molecule has 0 heterocycles. The zero-order valence-corrected chi connectivity index (χ0v) is 8.29. The van der Waals surface area contributed by atoms with Crippen molar-refractivity contribution in [2.24, 2.45) is 11.5 Å². The molecule has 0 aliphatic heterocycles. The molecule has 1 aliphatic rings. The molecule has 0 radical (unpaired) electrons. The Morgan fingerprint density at radius 1 is 1.38 bits per heavy atom. The molecule has 4 heteroatoms. The van der Waals surface area contributed by atoms with Gasteiger partial charge in [-0.15, -0.1) is 0 Å². The van der Waals surface area contributed by atoms with E-state index in [-0.39, 0.29) is 0 Å². The van der Waals surface area contributed by atoms with E-state index in [1.54, 1.807) is 6.92 Å². The highest BCUT2D eigenvalue weighted by molar-refractivity contribution is 5.64. The quantitative estimate of drug-likeness (QED) is 0.652. The summed E-state index contributed by atoms with van der Waals surface area (Å²) in [7, 11) is 0. The Bertz CT molecular complexity index is 134. The highest BCUT2D eigenvalue weighted by Gasteiger charge is 2.06. The average Bonchev–Trinajstić information content (AvgIpc) is 2.06. The first-order valence-electron chi connectivity index (χ1n) is 4.84. The molecular weight excluding hydrogens is 168 g/mol. The minimum absolute atomic E-state index is 0.356. The Morgan fingerprint density at radius 3 is 2.08 bits per heavy atom. The molecule has 0 aromatic carbocycles. The summed E-state index contributed by atoms with van der Waals surface area (Å²) < 4.78 is 4.18. The van der Waals surface area contributed by atoms with Gasteiger partial charge >= 0.3 is 6.09 Å². The Hall–Kier alpha value is -0.770. The highest BCUT2D eigenvalue weighted by atomic mass is 16.5. The maximum Gasteiger partial charge on any atom is 0.404 e. The highest BCUT2D eigenvalue weighted by Crippen LogP contribution is 2.14. The molecule has 0 aromatic heterocycles. The second-order valence-corrected chi connectivity index (χ2v) is 3.15. The zero-order chi connectivity index (χ0) is 10.1. The number of carbonyl (C=O) groups is 1. The van der Waals surface area contributed by atoms with Crippen molar-refractivity contribution in [1.82, 2.24) is 0 Å². The summed E-state index contributed by atoms with van der Waals surface area (Å²) in [6.45, 7) is 2.06.